The Labute approximate surface area is 211 Å². The van der Waals surface area contributed by atoms with Crippen LogP contribution in [0.15, 0.2) is 55.4 Å². The van der Waals surface area contributed by atoms with Crippen LogP contribution < -0.4 is 4.74 Å². The van der Waals surface area contributed by atoms with E-state index in [0.717, 1.165) is 36.8 Å². The van der Waals surface area contributed by atoms with Gasteiger partial charge in [-0.1, -0.05) is 37.4 Å². The van der Waals surface area contributed by atoms with E-state index < -0.39 is 0 Å². The lowest BCUT2D eigenvalue weighted by Crippen LogP contribution is -2.43. The number of rotatable bonds is 10. The van der Waals surface area contributed by atoms with E-state index in [1.807, 2.05) is 48.0 Å². The monoisotopic (exact) mass is 493 g/mol. The molecule has 7 nitrogen and oxygen atoms in total. The first-order valence-electron chi connectivity index (χ1n) is 12.1. The number of aromatic nitrogens is 4. The number of pyridine rings is 1. The Bertz CT molecular complexity index is 1160. The second kappa shape index (κ2) is 11.5. The highest BCUT2D eigenvalue weighted by Gasteiger charge is 2.29. The van der Waals surface area contributed by atoms with Crippen LogP contribution in [-0.4, -0.2) is 50.3 Å². The topological polar surface area (TPSA) is 73.1 Å². The van der Waals surface area contributed by atoms with E-state index in [1.165, 1.54) is 0 Å². The van der Waals surface area contributed by atoms with Crippen LogP contribution in [0.2, 0.25) is 5.02 Å². The third kappa shape index (κ3) is 5.73. The number of carbonyl (C=O) groups is 1. The van der Waals surface area contributed by atoms with E-state index in [0.29, 0.717) is 41.9 Å². The molecule has 2 aromatic heterocycles. The van der Waals surface area contributed by atoms with Gasteiger partial charge in [0, 0.05) is 42.0 Å². The quantitative estimate of drug-likeness (QED) is 0.341. The molecular formula is C27H32ClN5O2. The minimum atomic E-state index is -0.0870. The first-order valence-corrected chi connectivity index (χ1v) is 12.5. The Kier molecular flexibility index (Phi) is 8.18. The Balaban J connectivity index is 1.66. The maximum absolute atomic E-state index is 13.3. The molecule has 35 heavy (non-hydrogen) atoms. The highest BCUT2D eigenvalue weighted by molar-refractivity contribution is 6.32. The fraction of sp³-hybridized carbons (Fsp3) is 0.407. The number of hydrogen-bond donors (Lipinski definition) is 0. The summed E-state index contributed by atoms with van der Waals surface area (Å²) in [4.78, 5) is 24.3. The molecule has 2 heterocycles. The van der Waals surface area contributed by atoms with Crippen molar-refractivity contribution in [3.8, 4) is 28.5 Å². The predicted molar refractivity (Wildman–Crippen MR) is 138 cm³/mol. The smallest absolute Gasteiger partial charge is 0.226 e. The number of amides is 1. The number of halogens is 1. The van der Waals surface area contributed by atoms with Gasteiger partial charge in [0.2, 0.25) is 5.91 Å². The first-order chi connectivity index (χ1) is 17.0. The zero-order valence-electron chi connectivity index (χ0n) is 20.4. The van der Waals surface area contributed by atoms with Crippen molar-refractivity contribution in [2.75, 3.05) is 13.7 Å². The molecule has 4 rings (SSSR count). The lowest BCUT2D eigenvalue weighted by molar-refractivity contribution is -0.137. The van der Waals surface area contributed by atoms with Crippen molar-refractivity contribution in [3.05, 3.63) is 60.4 Å². The number of ether oxygens (including phenoxy) is 1. The Morgan fingerprint density at radius 2 is 2.00 bits per heavy atom. The summed E-state index contributed by atoms with van der Waals surface area (Å²) in [6, 6.07) is 9.63. The molecule has 8 heteroatoms. The summed E-state index contributed by atoms with van der Waals surface area (Å²) in [6.07, 6.45) is 10.4. The number of nitrogens with zero attached hydrogens (tertiary/aromatic N) is 5. The number of hydrogen-bond acceptors (Lipinski definition) is 5. The molecule has 1 aromatic carbocycles. The van der Waals surface area contributed by atoms with Crippen LogP contribution in [0.3, 0.4) is 0 Å². The molecule has 1 saturated carbocycles. The normalized spacial score (nSPS) is 14.6. The lowest BCUT2D eigenvalue weighted by atomic mass is 10.0. The van der Waals surface area contributed by atoms with Gasteiger partial charge in [0.1, 0.15) is 5.75 Å². The highest BCUT2D eigenvalue weighted by atomic mass is 35.5. The second-order valence-electron chi connectivity index (χ2n) is 8.96. The third-order valence-electron chi connectivity index (χ3n) is 6.56. The fourth-order valence-electron chi connectivity index (χ4n) is 4.67. The van der Waals surface area contributed by atoms with Crippen molar-refractivity contribution in [2.45, 2.75) is 51.6 Å². The number of benzene rings is 1. The highest BCUT2D eigenvalue weighted by Crippen LogP contribution is 2.31. The van der Waals surface area contributed by atoms with Crippen molar-refractivity contribution < 1.29 is 9.53 Å². The van der Waals surface area contributed by atoms with Crippen molar-refractivity contribution in [3.63, 3.8) is 0 Å². The Morgan fingerprint density at radius 3 is 2.66 bits per heavy atom. The van der Waals surface area contributed by atoms with Crippen LogP contribution in [0.1, 0.15) is 39.0 Å². The molecule has 0 bridgehead atoms. The molecule has 1 aliphatic carbocycles. The van der Waals surface area contributed by atoms with E-state index in [1.54, 1.807) is 19.5 Å². The van der Waals surface area contributed by atoms with Crippen LogP contribution in [0.5, 0.6) is 5.75 Å². The van der Waals surface area contributed by atoms with E-state index in [-0.39, 0.29) is 17.9 Å². The zero-order chi connectivity index (χ0) is 24.8. The largest absolute Gasteiger partial charge is 0.495 e. The maximum Gasteiger partial charge on any atom is 0.226 e. The van der Waals surface area contributed by atoms with Crippen molar-refractivity contribution in [2.24, 2.45) is 5.92 Å². The van der Waals surface area contributed by atoms with Crippen LogP contribution in [0.4, 0.5) is 0 Å². The predicted octanol–water partition coefficient (Wildman–Crippen LogP) is 5.65. The zero-order valence-corrected chi connectivity index (χ0v) is 21.1. The van der Waals surface area contributed by atoms with Crippen LogP contribution >= 0.6 is 11.6 Å². The third-order valence-corrected chi connectivity index (χ3v) is 6.86. The van der Waals surface area contributed by atoms with Gasteiger partial charge in [-0.2, -0.15) is 5.10 Å². The summed E-state index contributed by atoms with van der Waals surface area (Å²) in [7, 11) is 1.59. The molecule has 1 unspecified atom stereocenters. The summed E-state index contributed by atoms with van der Waals surface area (Å²) < 4.78 is 7.19. The van der Waals surface area contributed by atoms with Gasteiger partial charge < -0.3 is 9.64 Å². The summed E-state index contributed by atoms with van der Waals surface area (Å²) in [6.45, 7) is 6.89. The van der Waals surface area contributed by atoms with E-state index in [9.17, 15) is 4.79 Å². The average Bonchev–Trinajstić information content (AvgIpc) is 3.55. The van der Waals surface area contributed by atoms with Gasteiger partial charge in [-0.3, -0.25) is 9.78 Å². The molecule has 1 fully saturated rings. The molecule has 3 aromatic rings. The molecule has 1 amide bonds. The van der Waals surface area contributed by atoms with Crippen LogP contribution in [0, 0.1) is 5.92 Å². The van der Waals surface area contributed by atoms with E-state index in [4.69, 9.17) is 26.4 Å². The number of carbonyl (C=O) groups excluding carboxylic acids is 1. The van der Waals surface area contributed by atoms with Gasteiger partial charge in [0.05, 0.1) is 18.7 Å². The summed E-state index contributed by atoms with van der Waals surface area (Å²) in [5, 5.41) is 5.32. The van der Waals surface area contributed by atoms with E-state index in [2.05, 4.69) is 16.5 Å². The standard InChI is InChI=1S/C27H32ClN5O2/c1-4-7-19(2)27(34)32(22-8-5-6-9-22)16-17-33-26(21-10-11-24(35-3)23(28)18-21)30-25(31-33)20-12-14-29-15-13-20/h4,10-15,18-19,22H,1,5-9,16-17H2,2-3H3. The van der Waals surface area contributed by atoms with Gasteiger partial charge in [-0.25, -0.2) is 9.67 Å². The SMILES string of the molecule is C=CCC(C)C(=O)N(CCn1nc(-c2ccncc2)nc1-c1ccc(OC)c(Cl)c1)C1CCCC1. The Morgan fingerprint density at radius 1 is 1.26 bits per heavy atom. The molecule has 1 aliphatic rings. The summed E-state index contributed by atoms with van der Waals surface area (Å²) in [5.74, 6) is 1.99. The molecular weight excluding hydrogens is 462 g/mol. The lowest BCUT2D eigenvalue weighted by Gasteiger charge is -2.31. The van der Waals surface area contributed by atoms with Crippen LogP contribution in [0.25, 0.3) is 22.8 Å². The van der Waals surface area contributed by atoms with E-state index >= 15 is 0 Å². The first kappa shape index (κ1) is 24.9. The van der Waals surface area contributed by atoms with Gasteiger partial charge in [-0.05, 0) is 49.6 Å². The van der Waals surface area contributed by atoms with Gasteiger partial charge >= 0.3 is 0 Å². The maximum atomic E-state index is 13.3. The summed E-state index contributed by atoms with van der Waals surface area (Å²) in [5.41, 5.74) is 1.71. The van der Waals surface area contributed by atoms with Crippen molar-refractivity contribution >= 4 is 17.5 Å². The molecule has 0 saturated heterocycles. The van der Waals surface area contributed by atoms with Gasteiger partial charge in [0.15, 0.2) is 11.6 Å². The molecule has 184 valence electrons. The summed E-state index contributed by atoms with van der Waals surface area (Å²) >= 11 is 6.42. The fourth-order valence-corrected chi connectivity index (χ4v) is 4.92. The van der Waals surface area contributed by atoms with Crippen LogP contribution in [-0.2, 0) is 11.3 Å². The molecule has 0 spiro atoms. The van der Waals surface area contributed by atoms with Gasteiger partial charge in [0.25, 0.3) is 0 Å². The average molecular weight is 494 g/mol. The molecule has 1 atom stereocenters. The van der Waals surface area contributed by atoms with Crippen molar-refractivity contribution in [1.82, 2.24) is 24.6 Å². The molecule has 0 radical (unpaired) electrons. The number of allylic oxidation sites excluding steroid dienone is 1. The number of methoxy groups -OCH3 is 1. The minimum Gasteiger partial charge on any atom is -0.495 e. The van der Waals surface area contributed by atoms with Gasteiger partial charge in [-0.15, -0.1) is 6.58 Å². The molecule has 0 aliphatic heterocycles. The Hall–Kier alpha value is -3.19. The molecule has 0 N–H and O–H groups in total. The minimum absolute atomic E-state index is 0.0870. The second-order valence-corrected chi connectivity index (χ2v) is 9.37. The van der Waals surface area contributed by atoms with Crippen molar-refractivity contribution in [1.29, 1.82) is 0 Å².